The maximum atomic E-state index is 13.9. The molecule has 0 fully saturated rings. The number of amides is 2. The molecular formula is C24H19F3N2O5. The number of para-hydroxylation sites is 1. The molecule has 0 unspecified atom stereocenters. The van der Waals surface area contributed by atoms with Crippen molar-refractivity contribution in [2.75, 3.05) is 11.9 Å². The summed E-state index contributed by atoms with van der Waals surface area (Å²) in [6, 6.07) is 13.6. The number of benzene rings is 3. The third-order valence-corrected chi connectivity index (χ3v) is 4.56. The maximum Gasteiger partial charge on any atom is 0.513 e. The van der Waals surface area contributed by atoms with Crippen LogP contribution in [0.1, 0.15) is 33.2 Å². The van der Waals surface area contributed by atoms with Gasteiger partial charge in [0.25, 0.3) is 11.8 Å². The lowest BCUT2D eigenvalue weighted by Crippen LogP contribution is -2.24. The van der Waals surface area contributed by atoms with Crippen molar-refractivity contribution in [3.8, 4) is 5.75 Å². The summed E-state index contributed by atoms with van der Waals surface area (Å²) in [7, 11) is 0. The summed E-state index contributed by atoms with van der Waals surface area (Å²) in [6.45, 7) is 1.80. The van der Waals surface area contributed by atoms with Gasteiger partial charge in [-0.2, -0.15) is 0 Å². The van der Waals surface area contributed by atoms with Crippen molar-refractivity contribution in [2.24, 2.45) is 0 Å². The summed E-state index contributed by atoms with van der Waals surface area (Å²) < 4.78 is 50.1. The molecule has 0 aliphatic heterocycles. The SMILES string of the molecule is CCOC(=O)Oc1ccc(C(=O)NCc2ccccc2NC(=O)c2ccc(F)c(F)c2F)cc1. The van der Waals surface area contributed by atoms with Crippen LogP contribution in [0.25, 0.3) is 0 Å². The molecule has 0 aromatic heterocycles. The lowest BCUT2D eigenvalue weighted by Gasteiger charge is -2.13. The summed E-state index contributed by atoms with van der Waals surface area (Å²) in [4.78, 5) is 36.2. The van der Waals surface area contributed by atoms with Gasteiger partial charge in [0.15, 0.2) is 17.5 Å². The van der Waals surface area contributed by atoms with Crippen molar-refractivity contribution in [3.63, 3.8) is 0 Å². The van der Waals surface area contributed by atoms with E-state index in [0.29, 0.717) is 11.6 Å². The van der Waals surface area contributed by atoms with Gasteiger partial charge in [-0.05, 0) is 55.0 Å². The standard InChI is InChI=1S/C24H19F3N2O5/c1-2-33-24(32)34-16-9-7-14(8-10-16)22(30)28-13-15-5-3-4-6-19(15)29-23(31)17-11-12-18(25)21(27)20(17)26/h3-12H,2,13H2,1H3,(H,28,30)(H,29,31). The number of rotatable bonds is 7. The van der Waals surface area contributed by atoms with Crippen molar-refractivity contribution in [1.29, 1.82) is 0 Å². The minimum absolute atomic E-state index is 0.00335. The Bertz CT molecular complexity index is 1220. The number of hydrogen-bond donors (Lipinski definition) is 2. The molecule has 3 aromatic carbocycles. The van der Waals surface area contributed by atoms with E-state index in [-0.39, 0.29) is 30.2 Å². The Labute approximate surface area is 192 Å². The highest BCUT2D eigenvalue weighted by Crippen LogP contribution is 2.20. The monoisotopic (exact) mass is 472 g/mol. The molecule has 0 spiro atoms. The van der Waals surface area contributed by atoms with Gasteiger partial charge in [0.1, 0.15) is 5.75 Å². The van der Waals surface area contributed by atoms with E-state index >= 15 is 0 Å². The van der Waals surface area contributed by atoms with Crippen LogP contribution < -0.4 is 15.4 Å². The van der Waals surface area contributed by atoms with Gasteiger partial charge in [0.05, 0.1) is 12.2 Å². The number of ether oxygens (including phenoxy) is 2. The van der Waals surface area contributed by atoms with Crippen molar-refractivity contribution in [1.82, 2.24) is 5.32 Å². The molecule has 0 aliphatic carbocycles. The Morgan fingerprint density at radius 1 is 0.853 bits per heavy atom. The van der Waals surface area contributed by atoms with E-state index in [4.69, 9.17) is 4.74 Å². The van der Waals surface area contributed by atoms with E-state index in [9.17, 15) is 27.6 Å². The molecule has 3 aromatic rings. The van der Waals surface area contributed by atoms with E-state index < -0.39 is 41.0 Å². The van der Waals surface area contributed by atoms with Crippen molar-refractivity contribution >= 4 is 23.7 Å². The summed E-state index contributed by atoms with van der Waals surface area (Å²) >= 11 is 0. The number of carbonyl (C=O) groups is 3. The molecule has 176 valence electrons. The summed E-state index contributed by atoms with van der Waals surface area (Å²) in [5.41, 5.74) is 0.342. The first-order chi connectivity index (χ1) is 16.3. The lowest BCUT2D eigenvalue weighted by atomic mass is 10.1. The fraction of sp³-hybridized carbons (Fsp3) is 0.125. The van der Waals surface area contributed by atoms with Crippen LogP contribution in [-0.4, -0.2) is 24.6 Å². The molecule has 10 heteroatoms. The van der Waals surface area contributed by atoms with E-state index in [1.54, 1.807) is 25.1 Å². The molecule has 0 heterocycles. The van der Waals surface area contributed by atoms with Gasteiger partial charge < -0.3 is 20.1 Å². The topological polar surface area (TPSA) is 93.7 Å². The number of nitrogens with one attached hydrogen (secondary N) is 2. The minimum atomic E-state index is -1.74. The normalized spacial score (nSPS) is 10.4. The lowest BCUT2D eigenvalue weighted by molar-refractivity contribution is 0.0950. The van der Waals surface area contributed by atoms with Crippen LogP contribution in [0, 0.1) is 17.5 Å². The molecule has 0 saturated carbocycles. The van der Waals surface area contributed by atoms with Crippen LogP contribution in [0.3, 0.4) is 0 Å². The molecule has 2 N–H and O–H groups in total. The quantitative estimate of drug-likeness (QED) is 0.292. The Morgan fingerprint density at radius 2 is 1.56 bits per heavy atom. The second-order valence-corrected chi connectivity index (χ2v) is 6.83. The molecule has 0 atom stereocenters. The number of anilines is 1. The van der Waals surface area contributed by atoms with Gasteiger partial charge in [-0.25, -0.2) is 18.0 Å². The zero-order chi connectivity index (χ0) is 24.7. The smallest absolute Gasteiger partial charge is 0.434 e. The summed E-state index contributed by atoms with van der Waals surface area (Å²) in [5.74, 6) is -5.97. The third-order valence-electron chi connectivity index (χ3n) is 4.56. The van der Waals surface area contributed by atoms with Gasteiger partial charge in [0, 0.05) is 17.8 Å². The average Bonchev–Trinajstić information content (AvgIpc) is 2.82. The number of halogens is 3. The zero-order valence-electron chi connectivity index (χ0n) is 17.9. The second-order valence-electron chi connectivity index (χ2n) is 6.83. The summed E-state index contributed by atoms with van der Waals surface area (Å²) in [5, 5.41) is 5.10. The van der Waals surface area contributed by atoms with Crippen LogP contribution in [0.4, 0.5) is 23.7 Å². The molecule has 0 saturated heterocycles. The Morgan fingerprint density at radius 3 is 2.26 bits per heavy atom. The van der Waals surface area contributed by atoms with Gasteiger partial charge in [-0.15, -0.1) is 0 Å². The Kier molecular flexibility index (Phi) is 7.86. The largest absolute Gasteiger partial charge is 0.513 e. The third kappa shape index (κ3) is 5.91. The minimum Gasteiger partial charge on any atom is -0.434 e. The average molecular weight is 472 g/mol. The molecular weight excluding hydrogens is 453 g/mol. The second kappa shape index (κ2) is 11.0. The van der Waals surface area contributed by atoms with Crippen LogP contribution in [0.15, 0.2) is 60.7 Å². The molecule has 7 nitrogen and oxygen atoms in total. The molecule has 2 amide bonds. The first-order valence-corrected chi connectivity index (χ1v) is 10.1. The van der Waals surface area contributed by atoms with Crippen LogP contribution in [-0.2, 0) is 11.3 Å². The molecule has 0 bridgehead atoms. The van der Waals surface area contributed by atoms with E-state index in [2.05, 4.69) is 15.4 Å². The molecule has 0 radical (unpaired) electrons. The molecule has 0 aliphatic rings. The van der Waals surface area contributed by atoms with E-state index in [1.807, 2.05) is 0 Å². The van der Waals surface area contributed by atoms with Crippen molar-refractivity contribution in [3.05, 3.63) is 94.8 Å². The fourth-order valence-electron chi connectivity index (χ4n) is 2.88. The van der Waals surface area contributed by atoms with E-state index in [0.717, 1.165) is 6.07 Å². The fourth-order valence-corrected chi connectivity index (χ4v) is 2.88. The highest BCUT2D eigenvalue weighted by Gasteiger charge is 2.19. The van der Waals surface area contributed by atoms with Gasteiger partial charge >= 0.3 is 6.16 Å². The van der Waals surface area contributed by atoms with Gasteiger partial charge in [-0.3, -0.25) is 9.59 Å². The first kappa shape index (κ1) is 24.3. The Hall–Kier alpha value is -4.34. The van der Waals surface area contributed by atoms with E-state index in [1.165, 1.54) is 30.3 Å². The van der Waals surface area contributed by atoms with Crippen molar-refractivity contribution < 1.29 is 37.0 Å². The molecule has 34 heavy (non-hydrogen) atoms. The maximum absolute atomic E-state index is 13.9. The summed E-state index contributed by atoms with van der Waals surface area (Å²) in [6.07, 6.45) is -0.860. The predicted molar refractivity (Wildman–Crippen MR) is 116 cm³/mol. The number of hydrogen-bond acceptors (Lipinski definition) is 5. The van der Waals surface area contributed by atoms with Gasteiger partial charge in [0.2, 0.25) is 0 Å². The van der Waals surface area contributed by atoms with Crippen LogP contribution >= 0.6 is 0 Å². The van der Waals surface area contributed by atoms with Crippen LogP contribution in [0.5, 0.6) is 5.75 Å². The number of carbonyl (C=O) groups excluding carboxylic acids is 3. The Balaban J connectivity index is 1.65. The first-order valence-electron chi connectivity index (χ1n) is 10.1. The van der Waals surface area contributed by atoms with Gasteiger partial charge in [-0.1, -0.05) is 18.2 Å². The zero-order valence-corrected chi connectivity index (χ0v) is 17.9. The predicted octanol–water partition coefficient (Wildman–Crippen LogP) is 4.82. The van der Waals surface area contributed by atoms with Crippen LogP contribution in [0.2, 0.25) is 0 Å². The van der Waals surface area contributed by atoms with Crippen molar-refractivity contribution in [2.45, 2.75) is 13.5 Å². The molecule has 3 rings (SSSR count). The highest BCUT2D eigenvalue weighted by molar-refractivity contribution is 6.05. The highest BCUT2D eigenvalue weighted by atomic mass is 19.2.